The molecule has 2 rings (SSSR count). The molecule has 0 fully saturated rings. The van der Waals surface area contributed by atoms with Gasteiger partial charge >= 0.3 is 6.36 Å². The molecule has 0 aliphatic carbocycles. The zero-order valence-electron chi connectivity index (χ0n) is 8.89. The van der Waals surface area contributed by atoms with Crippen molar-refractivity contribution >= 4 is 11.3 Å². The van der Waals surface area contributed by atoms with E-state index in [2.05, 4.69) is 9.72 Å². The van der Waals surface area contributed by atoms with Crippen LogP contribution in [0.4, 0.5) is 13.2 Å². The molecule has 1 atom stereocenters. The van der Waals surface area contributed by atoms with Crippen LogP contribution in [0.2, 0.25) is 0 Å². The molecule has 2 aromatic rings. The number of ether oxygens (including phenoxy) is 1. The molecule has 1 heterocycles. The Labute approximate surface area is 104 Å². The van der Waals surface area contributed by atoms with Crippen LogP contribution in [0.25, 0.3) is 0 Å². The summed E-state index contributed by atoms with van der Waals surface area (Å²) in [5.74, 6) is -0.423. The van der Waals surface area contributed by atoms with Crippen molar-refractivity contribution in [2.45, 2.75) is 12.5 Å². The highest BCUT2D eigenvalue weighted by Crippen LogP contribution is 2.33. The number of alkyl halides is 3. The molecular weight excluding hydrogens is 267 g/mol. The lowest BCUT2D eigenvalue weighted by atomic mass is 10.1. The number of hydrogen-bond donors (Lipinski definition) is 1. The molecule has 1 N–H and O–H groups in total. The van der Waals surface area contributed by atoms with Crippen molar-refractivity contribution in [2.75, 3.05) is 0 Å². The summed E-state index contributed by atoms with van der Waals surface area (Å²) in [6.45, 7) is 0. The smallest absolute Gasteiger partial charge is 0.405 e. The Bertz CT molecular complexity index is 513. The number of thiazole rings is 1. The maximum atomic E-state index is 12.2. The lowest BCUT2D eigenvalue weighted by molar-refractivity contribution is -0.275. The SMILES string of the molecule is OC(c1nccs1)c1ccccc1OC(F)(F)F. The van der Waals surface area contributed by atoms with E-state index in [0.717, 1.165) is 17.4 Å². The van der Waals surface area contributed by atoms with E-state index in [0.29, 0.717) is 5.01 Å². The van der Waals surface area contributed by atoms with E-state index in [-0.39, 0.29) is 5.56 Å². The van der Waals surface area contributed by atoms with Gasteiger partial charge in [0.25, 0.3) is 0 Å². The quantitative estimate of drug-likeness (QED) is 0.935. The summed E-state index contributed by atoms with van der Waals surface area (Å²) in [6, 6.07) is 5.45. The number of rotatable bonds is 3. The summed E-state index contributed by atoms with van der Waals surface area (Å²) in [5, 5.41) is 11.9. The molecule has 0 aliphatic heterocycles. The summed E-state index contributed by atoms with van der Waals surface area (Å²) in [4.78, 5) is 3.86. The molecule has 96 valence electrons. The lowest BCUT2D eigenvalue weighted by Crippen LogP contribution is -2.18. The minimum absolute atomic E-state index is 0.0322. The van der Waals surface area contributed by atoms with Crippen LogP contribution < -0.4 is 4.74 Å². The van der Waals surface area contributed by atoms with Crippen molar-refractivity contribution in [1.29, 1.82) is 0 Å². The third-order valence-corrected chi connectivity index (χ3v) is 2.95. The fourth-order valence-electron chi connectivity index (χ4n) is 1.43. The van der Waals surface area contributed by atoms with Crippen molar-refractivity contribution < 1.29 is 23.0 Å². The third kappa shape index (κ3) is 2.99. The number of benzene rings is 1. The number of aliphatic hydroxyl groups is 1. The summed E-state index contributed by atoms with van der Waals surface area (Å²) in [7, 11) is 0. The molecule has 0 amide bonds. The van der Waals surface area contributed by atoms with Gasteiger partial charge in [0.1, 0.15) is 16.9 Å². The first-order valence-corrected chi connectivity index (χ1v) is 5.77. The molecule has 7 heteroatoms. The van der Waals surface area contributed by atoms with Crippen LogP contribution in [0.15, 0.2) is 35.8 Å². The monoisotopic (exact) mass is 275 g/mol. The second-order valence-corrected chi connectivity index (χ2v) is 4.28. The van der Waals surface area contributed by atoms with Crippen LogP contribution in [-0.4, -0.2) is 16.5 Å². The van der Waals surface area contributed by atoms with E-state index in [4.69, 9.17) is 0 Å². The number of halogens is 3. The van der Waals surface area contributed by atoms with Gasteiger partial charge in [0.05, 0.1) is 0 Å². The van der Waals surface area contributed by atoms with Gasteiger partial charge in [0, 0.05) is 17.1 Å². The van der Waals surface area contributed by atoms with Crippen molar-refractivity contribution in [3.05, 3.63) is 46.4 Å². The number of hydrogen-bond acceptors (Lipinski definition) is 4. The van der Waals surface area contributed by atoms with Gasteiger partial charge in [-0.3, -0.25) is 0 Å². The molecule has 1 aromatic carbocycles. The van der Waals surface area contributed by atoms with Gasteiger partial charge in [-0.25, -0.2) is 4.98 Å². The van der Waals surface area contributed by atoms with E-state index in [1.54, 1.807) is 5.38 Å². The third-order valence-electron chi connectivity index (χ3n) is 2.12. The molecule has 0 aliphatic rings. The minimum Gasteiger partial charge on any atom is -0.405 e. The Balaban J connectivity index is 2.33. The molecule has 18 heavy (non-hydrogen) atoms. The molecule has 0 saturated carbocycles. The Morgan fingerprint density at radius 3 is 2.61 bits per heavy atom. The minimum atomic E-state index is -4.79. The molecule has 0 spiro atoms. The first kappa shape index (κ1) is 12.8. The highest BCUT2D eigenvalue weighted by Gasteiger charge is 2.33. The van der Waals surface area contributed by atoms with E-state index >= 15 is 0 Å². The number of aliphatic hydroxyl groups excluding tert-OH is 1. The van der Waals surface area contributed by atoms with Gasteiger partial charge in [-0.15, -0.1) is 24.5 Å². The van der Waals surface area contributed by atoms with Crippen LogP contribution in [0.3, 0.4) is 0 Å². The normalized spacial score (nSPS) is 13.3. The Morgan fingerprint density at radius 2 is 2.00 bits per heavy atom. The Hall–Kier alpha value is -1.60. The van der Waals surface area contributed by atoms with Crippen molar-refractivity contribution in [1.82, 2.24) is 4.98 Å². The highest BCUT2D eigenvalue weighted by molar-refractivity contribution is 7.09. The van der Waals surface area contributed by atoms with Crippen LogP contribution in [-0.2, 0) is 0 Å². The van der Waals surface area contributed by atoms with Crippen LogP contribution >= 0.6 is 11.3 Å². The van der Waals surface area contributed by atoms with E-state index in [1.807, 2.05) is 0 Å². The maximum absolute atomic E-state index is 12.2. The number of para-hydroxylation sites is 1. The lowest BCUT2D eigenvalue weighted by Gasteiger charge is -2.15. The van der Waals surface area contributed by atoms with E-state index in [9.17, 15) is 18.3 Å². The Morgan fingerprint density at radius 1 is 1.28 bits per heavy atom. The summed E-state index contributed by atoms with van der Waals surface area (Å²) >= 11 is 1.15. The molecule has 3 nitrogen and oxygen atoms in total. The second-order valence-electron chi connectivity index (χ2n) is 3.36. The molecule has 0 bridgehead atoms. The fraction of sp³-hybridized carbons (Fsp3) is 0.182. The van der Waals surface area contributed by atoms with Crippen molar-refractivity contribution in [2.24, 2.45) is 0 Å². The molecule has 1 unspecified atom stereocenters. The summed E-state index contributed by atoms with van der Waals surface area (Å²) < 4.78 is 40.5. The maximum Gasteiger partial charge on any atom is 0.573 e. The van der Waals surface area contributed by atoms with Gasteiger partial charge in [0.2, 0.25) is 0 Å². The van der Waals surface area contributed by atoms with Gasteiger partial charge in [-0.1, -0.05) is 18.2 Å². The molecule has 1 aromatic heterocycles. The van der Waals surface area contributed by atoms with Gasteiger partial charge in [-0.2, -0.15) is 0 Å². The zero-order valence-corrected chi connectivity index (χ0v) is 9.70. The number of aromatic nitrogens is 1. The Kier molecular flexibility index (Phi) is 3.53. The van der Waals surface area contributed by atoms with E-state index < -0.39 is 18.2 Å². The topological polar surface area (TPSA) is 42.4 Å². The van der Waals surface area contributed by atoms with Crippen LogP contribution in [0.1, 0.15) is 16.7 Å². The number of nitrogens with zero attached hydrogens (tertiary/aromatic N) is 1. The molecule has 0 radical (unpaired) electrons. The molecular formula is C11H8F3NO2S. The predicted molar refractivity (Wildman–Crippen MR) is 59.3 cm³/mol. The van der Waals surface area contributed by atoms with Crippen LogP contribution in [0, 0.1) is 0 Å². The second kappa shape index (κ2) is 4.95. The summed E-state index contributed by atoms with van der Waals surface area (Å²) in [5.41, 5.74) is 0.0322. The first-order chi connectivity index (χ1) is 8.47. The standard InChI is InChI=1S/C11H8F3NO2S/c12-11(13,14)17-8-4-2-1-3-7(8)9(16)10-15-5-6-18-10/h1-6,9,16H. The van der Waals surface area contributed by atoms with Crippen LogP contribution in [0.5, 0.6) is 5.75 Å². The first-order valence-electron chi connectivity index (χ1n) is 4.89. The molecule has 0 saturated heterocycles. The highest BCUT2D eigenvalue weighted by atomic mass is 32.1. The average molecular weight is 275 g/mol. The zero-order chi connectivity index (χ0) is 13.2. The largest absolute Gasteiger partial charge is 0.573 e. The van der Waals surface area contributed by atoms with Gasteiger partial charge < -0.3 is 9.84 Å². The van der Waals surface area contributed by atoms with Gasteiger partial charge in [0.15, 0.2) is 0 Å². The predicted octanol–water partition coefficient (Wildman–Crippen LogP) is 3.12. The fourth-order valence-corrected chi connectivity index (χ4v) is 2.07. The summed E-state index contributed by atoms with van der Waals surface area (Å²) in [6.07, 6.45) is -4.56. The van der Waals surface area contributed by atoms with Crippen molar-refractivity contribution in [3.8, 4) is 5.75 Å². The van der Waals surface area contributed by atoms with E-state index in [1.165, 1.54) is 24.4 Å². The van der Waals surface area contributed by atoms with Crippen molar-refractivity contribution in [3.63, 3.8) is 0 Å². The van der Waals surface area contributed by atoms with Gasteiger partial charge in [-0.05, 0) is 6.07 Å². The average Bonchev–Trinajstić information content (AvgIpc) is 2.80.